The number of hydrogen-bond acceptors (Lipinski definition) is 8. The molecule has 0 spiro atoms. The Labute approximate surface area is 165 Å². The van der Waals surface area contributed by atoms with Crippen molar-refractivity contribution in [3.05, 3.63) is 25.3 Å². The van der Waals surface area contributed by atoms with Crippen molar-refractivity contribution in [2.75, 3.05) is 19.8 Å². The van der Waals surface area contributed by atoms with E-state index in [0.29, 0.717) is 6.54 Å². The maximum absolute atomic E-state index is 10.4. The van der Waals surface area contributed by atoms with Gasteiger partial charge in [-0.25, -0.2) is 29.2 Å². The highest BCUT2D eigenvalue weighted by atomic mass is 16.6. The predicted octanol–water partition coefficient (Wildman–Crippen LogP) is 2.69. The van der Waals surface area contributed by atoms with E-state index in [1.54, 1.807) is 12.2 Å². The third-order valence-corrected chi connectivity index (χ3v) is 4.09. The minimum atomic E-state index is -0.537. The zero-order chi connectivity index (χ0) is 21.6. The van der Waals surface area contributed by atoms with Gasteiger partial charge in [0.15, 0.2) is 0 Å². The average molecular weight is 392 g/mol. The molecule has 8 heteroatoms. The minimum absolute atomic E-state index is 0.00750. The van der Waals surface area contributed by atoms with Gasteiger partial charge in [0.1, 0.15) is 13.2 Å². The number of esters is 2. The molecule has 1 aliphatic rings. The molecule has 0 N–H and O–H groups in total. The van der Waals surface area contributed by atoms with Crippen LogP contribution in [0.4, 0.5) is 0 Å². The molecule has 0 amide bonds. The fourth-order valence-corrected chi connectivity index (χ4v) is 3.49. The summed E-state index contributed by atoms with van der Waals surface area (Å²) in [6, 6.07) is 0.00750. The van der Waals surface area contributed by atoms with Crippen molar-refractivity contribution in [2.45, 2.75) is 46.1 Å². The average Bonchev–Trinajstić information content (AvgIpc) is 2.62. The molecule has 2 unspecified atom stereocenters. The summed E-state index contributed by atoms with van der Waals surface area (Å²) in [6.07, 6.45) is 7.95. The molecule has 0 radical (unpaired) electrons. The van der Waals surface area contributed by atoms with Crippen LogP contribution in [-0.4, -0.2) is 49.9 Å². The lowest BCUT2D eigenvalue weighted by atomic mass is 9.63. The SMILES string of the molecule is C=CC(=O)OCCOC(=O)C=C.CC1(C)CC(N=C=O)CC(C)(CN=C=O)C1. The lowest BCUT2D eigenvalue weighted by Gasteiger charge is -2.44. The molecule has 1 saturated carbocycles. The number of nitrogens with zero attached hydrogens (tertiary/aromatic N) is 2. The van der Waals surface area contributed by atoms with Crippen LogP contribution < -0.4 is 0 Å². The molecule has 0 heterocycles. The van der Waals surface area contributed by atoms with Gasteiger partial charge < -0.3 is 9.47 Å². The Morgan fingerprint density at radius 2 is 1.57 bits per heavy atom. The van der Waals surface area contributed by atoms with Crippen LogP contribution in [0.15, 0.2) is 35.3 Å². The van der Waals surface area contributed by atoms with Gasteiger partial charge in [-0.05, 0) is 30.1 Å². The lowest BCUT2D eigenvalue weighted by molar-refractivity contribution is -0.146. The summed E-state index contributed by atoms with van der Waals surface area (Å²) >= 11 is 0. The first-order valence-corrected chi connectivity index (χ1v) is 8.80. The van der Waals surface area contributed by atoms with Crippen molar-refractivity contribution in [2.24, 2.45) is 20.8 Å². The number of rotatable bonds is 8. The van der Waals surface area contributed by atoms with Crippen LogP contribution in [0.3, 0.4) is 0 Å². The summed E-state index contributed by atoms with van der Waals surface area (Å²) < 4.78 is 9.04. The highest BCUT2D eigenvalue weighted by Crippen LogP contribution is 2.47. The normalized spacial score (nSPS) is 22.0. The number of aliphatic imine (C=N–C) groups is 2. The standard InChI is InChI=1S/C12H18N2O2.C8H10O4/c1-11(2)4-10(14-9-16)5-12(3,6-11)7-13-8-15;1-3-7(9)11-5-6-12-8(10)4-2/h10H,4-7H2,1-3H3;3-4H,1-2,5-6H2. The number of isocyanates is 2. The third-order valence-electron chi connectivity index (χ3n) is 4.09. The molecule has 0 aromatic heterocycles. The Kier molecular flexibility index (Phi) is 11.3. The van der Waals surface area contributed by atoms with Crippen molar-refractivity contribution < 1.29 is 28.7 Å². The number of carbonyl (C=O) groups excluding carboxylic acids is 4. The Balaban J connectivity index is 0.000000546. The van der Waals surface area contributed by atoms with Crippen LogP contribution in [-0.2, 0) is 28.7 Å². The topological polar surface area (TPSA) is 111 Å². The highest BCUT2D eigenvalue weighted by Gasteiger charge is 2.41. The molecule has 1 fully saturated rings. The van der Waals surface area contributed by atoms with E-state index < -0.39 is 11.9 Å². The summed E-state index contributed by atoms with van der Waals surface area (Å²) in [7, 11) is 0. The Morgan fingerprint density at radius 3 is 2.00 bits per heavy atom. The second-order valence-electron chi connectivity index (χ2n) is 7.58. The molecule has 28 heavy (non-hydrogen) atoms. The quantitative estimate of drug-likeness (QED) is 0.206. The Bertz CT molecular complexity index is 638. The second kappa shape index (κ2) is 12.5. The van der Waals surface area contributed by atoms with E-state index in [-0.39, 0.29) is 30.1 Å². The van der Waals surface area contributed by atoms with Crippen LogP contribution in [0.2, 0.25) is 0 Å². The van der Waals surface area contributed by atoms with Gasteiger partial charge in [0.25, 0.3) is 0 Å². The van der Waals surface area contributed by atoms with Crippen molar-refractivity contribution in [1.29, 1.82) is 0 Å². The van der Waals surface area contributed by atoms with Crippen molar-refractivity contribution in [1.82, 2.24) is 0 Å². The van der Waals surface area contributed by atoms with Crippen LogP contribution in [0, 0.1) is 10.8 Å². The number of ether oxygens (including phenoxy) is 2. The van der Waals surface area contributed by atoms with Crippen LogP contribution in [0.25, 0.3) is 0 Å². The molecule has 0 aromatic rings. The molecule has 1 aliphatic carbocycles. The molecule has 0 bridgehead atoms. The number of hydrogen-bond donors (Lipinski definition) is 0. The highest BCUT2D eigenvalue weighted by molar-refractivity contribution is 5.81. The predicted molar refractivity (Wildman–Crippen MR) is 103 cm³/mol. The van der Waals surface area contributed by atoms with E-state index in [1.807, 2.05) is 0 Å². The first-order chi connectivity index (χ1) is 13.1. The largest absolute Gasteiger partial charge is 0.459 e. The Morgan fingerprint density at radius 1 is 1.04 bits per heavy atom. The van der Waals surface area contributed by atoms with Gasteiger partial charge >= 0.3 is 11.9 Å². The summed E-state index contributed by atoms with van der Waals surface area (Å²) in [6.45, 7) is 13.3. The summed E-state index contributed by atoms with van der Waals surface area (Å²) in [5.74, 6) is -1.07. The van der Waals surface area contributed by atoms with Gasteiger partial charge in [-0.3, -0.25) is 0 Å². The Hall–Kier alpha value is -2.82. The zero-order valence-corrected chi connectivity index (χ0v) is 16.7. The van der Waals surface area contributed by atoms with Crippen molar-refractivity contribution in [3.63, 3.8) is 0 Å². The first kappa shape index (κ1) is 25.2. The van der Waals surface area contributed by atoms with Crippen molar-refractivity contribution in [3.8, 4) is 0 Å². The molecular formula is C20H28N2O6. The molecule has 0 saturated heterocycles. The minimum Gasteiger partial charge on any atom is -0.459 e. The van der Waals surface area contributed by atoms with Gasteiger partial charge in [-0.1, -0.05) is 33.9 Å². The summed E-state index contributed by atoms with van der Waals surface area (Å²) in [5.41, 5.74) is 0.0561. The van der Waals surface area contributed by atoms with E-state index in [9.17, 15) is 19.2 Å². The van der Waals surface area contributed by atoms with Crippen LogP contribution in [0.5, 0.6) is 0 Å². The smallest absolute Gasteiger partial charge is 0.330 e. The summed E-state index contributed by atoms with van der Waals surface area (Å²) in [4.78, 5) is 48.9. The maximum atomic E-state index is 10.4. The van der Waals surface area contributed by atoms with E-state index in [4.69, 9.17) is 0 Å². The fourth-order valence-electron chi connectivity index (χ4n) is 3.49. The second-order valence-corrected chi connectivity index (χ2v) is 7.58. The van der Waals surface area contributed by atoms with Gasteiger partial charge in [0.2, 0.25) is 12.2 Å². The van der Waals surface area contributed by atoms with Crippen molar-refractivity contribution >= 4 is 24.1 Å². The molecule has 0 aromatic carbocycles. The lowest BCUT2D eigenvalue weighted by Crippen LogP contribution is -2.39. The van der Waals surface area contributed by atoms with E-state index >= 15 is 0 Å². The molecule has 154 valence electrons. The first-order valence-electron chi connectivity index (χ1n) is 8.80. The fraction of sp³-hybridized carbons (Fsp3) is 0.600. The molecule has 1 rings (SSSR count). The van der Waals surface area contributed by atoms with Gasteiger partial charge in [-0.2, -0.15) is 0 Å². The monoisotopic (exact) mass is 392 g/mol. The molecular weight excluding hydrogens is 364 g/mol. The van der Waals surface area contributed by atoms with Crippen LogP contribution in [0.1, 0.15) is 40.0 Å². The molecule has 2 atom stereocenters. The van der Waals surface area contributed by atoms with E-state index in [1.165, 1.54) is 0 Å². The van der Waals surface area contributed by atoms with E-state index in [2.05, 4.69) is 53.4 Å². The van der Waals surface area contributed by atoms with E-state index in [0.717, 1.165) is 31.4 Å². The molecule has 0 aliphatic heterocycles. The zero-order valence-electron chi connectivity index (χ0n) is 16.7. The van der Waals surface area contributed by atoms with Crippen LogP contribution >= 0.6 is 0 Å². The number of carbonyl (C=O) groups is 2. The maximum Gasteiger partial charge on any atom is 0.330 e. The van der Waals surface area contributed by atoms with Gasteiger partial charge in [0, 0.05) is 12.2 Å². The van der Waals surface area contributed by atoms with Gasteiger partial charge in [0.05, 0.1) is 12.6 Å². The third kappa shape index (κ3) is 11.0. The van der Waals surface area contributed by atoms with Gasteiger partial charge in [-0.15, -0.1) is 0 Å². The summed E-state index contributed by atoms with van der Waals surface area (Å²) in [5, 5.41) is 0. The molecule has 8 nitrogen and oxygen atoms in total.